The number of amides is 1. The fourth-order valence-electron chi connectivity index (χ4n) is 3.11. The van der Waals surface area contributed by atoms with Gasteiger partial charge in [0.2, 0.25) is 11.5 Å². The second-order valence-electron chi connectivity index (χ2n) is 7.02. The Labute approximate surface area is 150 Å². The third-order valence-electron chi connectivity index (χ3n) is 4.37. The number of carbonyl (C=O) groups excluding carboxylic acids is 1. The van der Waals surface area contributed by atoms with E-state index in [-0.39, 0.29) is 12.0 Å². The number of para-hydroxylation sites is 1. The van der Waals surface area contributed by atoms with Crippen LogP contribution in [0.5, 0.6) is 0 Å². The second kappa shape index (κ2) is 7.26. The van der Waals surface area contributed by atoms with Crippen LogP contribution in [0.4, 0.5) is 23.2 Å². The van der Waals surface area contributed by atoms with Crippen LogP contribution in [0.3, 0.4) is 0 Å². The summed E-state index contributed by atoms with van der Waals surface area (Å²) in [7, 11) is 1.07. The van der Waals surface area contributed by atoms with Gasteiger partial charge < -0.3 is 5.32 Å². The van der Waals surface area contributed by atoms with Gasteiger partial charge in [-0.25, -0.2) is 5.43 Å². The number of hydrogen-bond acceptors (Lipinski definition) is 3. The van der Waals surface area contributed by atoms with Crippen LogP contribution in [-0.4, -0.2) is 29.7 Å². The number of anilines is 1. The molecule has 0 saturated heterocycles. The summed E-state index contributed by atoms with van der Waals surface area (Å²) in [5.41, 5.74) is -0.236. The van der Waals surface area contributed by atoms with Crippen LogP contribution < -0.4 is 10.7 Å². The molecule has 1 amide bonds. The lowest BCUT2D eigenvalue weighted by atomic mass is 9.90. The number of alkyl halides is 3. The molecular weight excluding hydrogens is 350 g/mol. The van der Waals surface area contributed by atoms with Crippen molar-refractivity contribution < 1.29 is 22.4 Å². The summed E-state index contributed by atoms with van der Waals surface area (Å²) in [5.74, 6) is -2.12. The number of hydrogen-bond donors (Lipinski definition) is 2. The van der Waals surface area contributed by atoms with Crippen molar-refractivity contribution in [3.05, 3.63) is 41.9 Å². The van der Waals surface area contributed by atoms with Crippen molar-refractivity contribution in [1.82, 2.24) is 10.4 Å². The first-order valence-corrected chi connectivity index (χ1v) is 8.35. The van der Waals surface area contributed by atoms with Gasteiger partial charge in [0.15, 0.2) is 0 Å². The van der Waals surface area contributed by atoms with Gasteiger partial charge in [0, 0.05) is 18.8 Å². The van der Waals surface area contributed by atoms with Crippen LogP contribution >= 0.6 is 0 Å². The van der Waals surface area contributed by atoms with Gasteiger partial charge >= 0.3 is 6.18 Å². The maximum atomic E-state index is 13.6. The van der Waals surface area contributed by atoms with Crippen molar-refractivity contribution in [3.8, 4) is 0 Å². The van der Waals surface area contributed by atoms with Crippen molar-refractivity contribution in [3.63, 3.8) is 0 Å². The highest BCUT2D eigenvalue weighted by Gasteiger charge is 2.63. The molecule has 1 aromatic carbocycles. The fraction of sp³-hybridized carbons (Fsp3) is 0.500. The van der Waals surface area contributed by atoms with Crippen molar-refractivity contribution in [2.75, 3.05) is 12.4 Å². The number of carbonyl (C=O) groups is 1. The monoisotopic (exact) mass is 373 g/mol. The molecule has 1 heterocycles. The molecule has 1 aliphatic heterocycles. The van der Waals surface area contributed by atoms with E-state index in [9.17, 15) is 22.4 Å². The molecular formula is C18H23F4N3O. The normalized spacial score (nSPS) is 21.7. The van der Waals surface area contributed by atoms with Crippen LogP contribution in [0.15, 0.2) is 36.3 Å². The lowest BCUT2D eigenvalue weighted by molar-refractivity contribution is -0.189. The van der Waals surface area contributed by atoms with E-state index in [0.717, 1.165) is 19.0 Å². The minimum atomic E-state index is -5.02. The molecule has 2 unspecified atom stereocenters. The molecule has 0 radical (unpaired) electrons. The first-order valence-electron chi connectivity index (χ1n) is 8.35. The Morgan fingerprint density at radius 2 is 1.88 bits per heavy atom. The van der Waals surface area contributed by atoms with Crippen LogP contribution in [0, 0.1) is 5.92 Å². The molecule has 0 aromatic heterocycles. The summed E-state index contributed by atoms with van der Waals surface area (Å²) in [6.07, 6.45) is -3.95. The number of halogens is 4. The van der Waals surface area contributed by atoms with Gasteiger partial charge in [-0.3, -0.25) is 9.80 Å². The molecule has 26 heavy (non-hydrogen) atoms. The third kappa shape index (κ3) is 3.85. The average molecular weight is 373 g/mol. The Balaban J connectivity index is 2.35. The molecule has 1 aromatic rings. The van der Waals surface area contributed by atoms with Crippen molar-refractivity contribution in [2.45, 2.75) is 44.8 Å². The topological polar surface area (TPSA) is 44.4 Å². The molecule has 8 heteroatoms. The summed E-state index contributed by atoms with van der Waals surface area (Å²) in [4.78, 5) is 12.5. The molecule has 0 bridgehead atoms. The van der Waals surface area contributed by atoms with Crippen LogP contribution in [0.2, 0.25) is 0 Å². The van der Waals surface area contributed by atoms with Crippen molar-refractivity contribution in [2.24, 2.45) is 5.92 Å². The largest absolute Gasteiger partial charge is 0.421 e. The van der Waals surface area contributed by atoms with E-state index >= 15 is 0 Å². The first-order chi connectivity index (χ1) is 12.0. The summed E-state index contributed by atoms with van der Waals surface area (Å²) < 4.78 is 54.4. The van der Waals surface area contributed by atoms with Crippen LogP contribution in [0.25, 0.3) is 0 Å². The average Bonchev–Trinajstić information content (AvgIpc) is 2.83. The Morgan fingerprint density at radius 3 is 2.38 bits per heavy atom. The molecule has 4 nitrogen and oxygen atoms in total. The minimum absolute atomic E-state index is 0.0415. The zero-order valence-corrected chi connectivity index (χ0v) is 15.1. The standard InChI is InChI=1S/C18H23F4N3O/c1-11(2)9-12(3)13-7-5-6-8-14(13)23-16(26)17(18(20,21)22)10-15(19)25(4)24-17/h5-8,10-12,24H,9H2,1-4H3,(H,23,26). The van der Waals surface area contributed by atoms with Gasteiger partial charge in [-0.2, -0.15) is 17.6 Å². The smallest absolute Gasteiger partial charge is 0.324 e. The highest BCUT2D eigenvalue weighted by atomic mass is 19.4. The molecule has 2 N–H and O–H groups in total. The number of nitrogens with zero attached hydrogens (tertiary/aromatic N) is 1. The number of nitrogens with one attached hydrogen (secondary N) is 2. The predicted octanol–water partition coefficient (Wildman–Crippen LogP) is 4.34. The van der Waals surface area contributed by atoms with E-state index in [1.165, 1.54) is 0 Å². The van der Waals surface area contributed by atoms with Gasteiger partial charge in [-0.1, -0.05) is 39.0 Å². The van der Waals surface area contributed by atoms with Gasteiger partial charge in [0.1, 0.15) is 0 Å². The molecule has 0 spiro atoms. The maximum Gasteiger partial charge on any atom is 0.421 e. The summed E-state index contributed by atoms with van der Waals surface area (Å²) >= 11 is 0. The number of rotatable bonds is 5. The fourth-order valence-corrected chi connectivity index (χ4v) is 3.11. The number of benzene rings is 1. The minimum Gasteiger partial charge on any atom is -0.324 e. The molecule has 2 atom stereocenters. The molecule has 144 valence electrons. The van der Waals surface area contributed by atoms with E-state index in [2.05, 4.69) is 5.32 Å². The van der Waals surface area contributed by atoms with Crippen LogP contribution in [-0.2, 0) is 4.79 Å². The van der Waals surface area contributed by atoms with Gasteiger partial charge in [-0.05, 0) is 29.9 Å². The van der Waals surface area contributed by atoms with Gasteiger partial charge in [-0.15, -0.1) is 0 Å². The molecule has 1 aliphatic rings. The highest BCUT2D eigenvalue weighted by molar-refractivity contribution is 6.01. The Hall–Kier alpha value is -2.09. The maximum absolute atomic E-state index is 13.6. The lowest BCUT2D eigenvalue weighted by Gasteiger charge is -2.30. The SMILES string of the molecule is CC(C)CC(C)c1ccccc1NC(=O)C1(C(F)(F)F)C=C(F)N(C)N1. The Morgan fingerprint density at radius 1 is 1.27 bits per heavy atom. The molecule has 0 aliphatic carbocycles. The molecule has 0 fully saturated rings. The lowest BCUT2D eigenvalue weighted by Crippen LogP contribution is -2.63. The number of hydrazine groups is 1. The zero-order valence-electron chi connectivity index (χ0n) is 15.1. The summed E-state index contributed by atoms with van der Waals surface area (Å²) in [6, 6.07) is 6.72. The van der Waals surface area contributed by atoms with Gasteiger partial charge in [0.25, 0.3) is 5.91 Å². The predicted molar refractivity (Wildman–Crippen MR) is 91.8 cm³/mol. The summed E-state index contributed by atoms with van der Waals surface area (Å²) in [5, 5.41) is 2.88. The zero-order chi connectivity index (χ0) is 19.7. The molecule has 2 rings (SSSR count). The summed E-state index contributed by atoms with van der Waals surface area (Å²) in [6.45, 7) is 6.04. The second-order valence-corrected chi connectivity index (χ2v) is 7.02. The van der Waals surface area contributed by atoms with Crippen molar-refractivity contribution >= 4 is 11.6 Å². The first kappa shape index (κ1) is 20.2. The molecule has 0 saturated carbocycles. The van der Waals surface area contributed by atoms with E-state index in [1.54, 1.807) is 24.3 Å². The highest BCUT2D eigenvalue weighted by Crippen LogP contribution is 2.38. The Kier molecular flexibility index (Phi) is 5.65. The van der Waals surface area contributed by atoms with Crippen LogP contribution in [0.1, 0.15) is 38.7 Å². The van der Waals surface area contributed by atoms with E-state index in [1.807, 2.05) is 26.2 Å². The Bertz CT molecular complexity index is 702. The van der Waals surface area contributed by atoms with E-state index in [0.29, 0.717) is 16.6 Å². The quantitative estimate of drug-likeness (QED) is 0.596. The van der Waals surface area contributed by atoms with Gasteiger partial charge in [0.05, 0.1) is 0 Å². The third-order valence-corrected chi connectivity index (χ3v) is 4.37. The van der Waals surface area contributed by atoms with E-state index < -0.39 is 23.6 Å². The van der Waals surface area contributed by atoms with E-state index in [4.69, 9.17) is 0 Å². The van der Waals surface area contributed by atoms with Crippen molar-refractivity contribution in [1.29, 1.82) is 0 Å².